The molecule has 2 rings (SSSR count). The van der Waals surface area contributed by atoms with Crippen molar-refractivity contribution < 1.29 is 9.63 Å². The van der Waals surface area contributed by atoms with Crippen LogP contribution in [0, 0.1) is 0 Å². The van der Waals surface area contributed by atoms with E-state index < -0.39 is 0 Å². The lowest BCUT2D eigenvalue weighted by atomic mass is 10.2. The Morgan fingerprint density at radius 3 is 2.75 bits per heavy atom. The minimum absolute atomic E-state index is 0.186. The van der Waals surface area contributed by atoms with E-state index in [1.807, 2.05) is 13.8 Å². The molecule has 5 heteroatoms. The van der Waals surface area contributed by atoms with Gasteiger partial charge < -0.3 is 9.63 Å². The Bertz CT molecular complexity index is 334. The zero-order valence-electron chi connectivity index (χ0n) is 9.89. The van der Waals surface area contributed by atoms with Crippen molar-refractivity contribution in [2.75, 3.05) is 13.2 Å². The second-order valence-corrected chi connectivity index (χ2v) is 4.63. The molecular weight excluding hydrogens is 206 g/mol. The fraction of sp³-hybridized carbons (Fsp3) is 0.818. The Kier molecular flexibility index (Phi) is 3.56. The summed E-state index contributed by atoms with van der Waals surface area (Å²) in [6, 6.07) is 0.605. The van der Waals surface area contributed by atoms with Gasteiger partial charge in [-0.3, -0.25) is 4.90 Å². The van der Waals surface area contributed by atoms with Crippen LogP contribution in [0.2, 0.25) is 0 Å². The number of aromatic nitrogens is 2. The first-order valence-electron chi connectivity index (χ1n) is 5.88. The van der Waals surface area contributed by atoms with E-state index in [9.17, 15) is 0 Å². The molecule has 0 saturated heterocycles. The van der Waals surface area contributed by atoms with E-state index in [-0.39, 0.29) is 12.5 Å². The zero-order valence-corrected chi connectivity index (χ0v) is 9.89. The number of nitrogens with zero attached hydrogens (tertiary/aromatic N) is 3. The molecule has 1 N–H and O–H groups in total. The molecule has 1 aliphatic rings. The van der Waals surface area contributed by atoms with Gasteiger partial charge in [-0.15, -0.1) is 0 Å². The molecular formula is C11H19N3O2. The molecule has 0 radical (unpaired) electrons. The number of hydrogen-bond donors (Lipinski definition) is 1. The molecule has 0 aliphatic heterocycles. The summed E-state index contributed by atoms with van der Waals surface area (Å²) < 4.78 is 5.15. The third-order valence-electron chi connectivity index (χ3n) is 2.77. The second kappa shape index (κ2) is 4.93. The number of aliphatic hydroxyl groups excluding tert-OH is 1. The molecule has 1 aliphatic carbocycles. The van der Waals surface area contributed by atoms with Crippen LogP contribution in [0.4, 0.5) is 0 Å². The molecule has 0 atom stereocenters. The minimum Gasteiger partial charge on any atom is -0.395 e. The monoisotopic (exact) mass is 225 g/mol. The van der Waals surface area contributed by atoms with Crippen LogP contribution in [-0.4, -0.2) is 39.3 Å². The van der Waals surface area contributed by atoms with Crippen molar-refractivity contribution in [3.8, 4) is 0 Å². The third kappa shape index (κ3) is 2.80. The van der Waals surface area contributed by atoms with Crippen LogP contribution in [0.5, 0.6) is 0 Å². The molecule has 0 spiro atoms. The molecule has 1 aromatic heterocycles. The Morgan fingerprint density at radius 1 is 1.50 bits per heavy atom. The zero-order chi connectivity index (χ0) is 11.5. The van der Waals surface area contributed by atoms with Crippen molar-refractivity contribution in [3.05, 3.63) is 11.7 Å². The molecule has 16 heavy (non-hydrogen) atoms. The summed E-state index contributed by atoms with van der Waals surface area (Å²) >= 11 is 0. The average molecular weight is 225 g/mol. The van der Waals surface area contributed by atoms with Crippen molar-refractivity contribution in [2.24, 2.45) is 0 Å². The van der Waals surface area contributed by atoms with Gasteiger partial charge in [0.1, 0.15) is 0 Å². The van der Waals surface area contributed by atoms with Gasteiger partial charge in [0.2, 0.25) is 5.89 Å². The van der Waals surface area contributed by atoms with Crippen molar-refractivity contribution in [1.29, 1.82) is 0 Å². The normalized spacial score (nSPS) is 16.3. The van der Waals surface area contributed by atoms with E-state index in [0.29, 0.717) is 25.0 Å². The number of rotatable bonds is 6. The average Bonchev–Trinajstić information content (AvgIpc) is 2.98. The SMILES string of the molecule is CC(C)c1nc(CN(CCO)C2CC2)no1. The van der Waals surface area contributed by atoms with Gasteiger partial charge in [0.15, 0.2) is 5.82 Å². The third-order valence-corrected chi connectivity index (χ3v) is 2.77. The van der Waals surface area contributed by atoms with Gasteiger partial charge in [-0.05, 0) is 12.8 Å². The Morgan fingerprint density at radius 2 is 2.25 bits per heavy atom. The molecule has 1 saturated carbocycles. The maximum Gasteiger partial charge on any atom is 0.229 e. The first kappa shape index (κ1) is 11.5. The molecule has 1 fully saturated rings. The summed E-state index contributed by atoms with van der Waals surface area (Å²) in [5.74, 6) is 1.69. The van der Waals surface area contributed by atoms with E-state index in [1.165, 1.54) is 12.8 Å². The van der Waals surface area contributed by atoms with Crippen LogP contribution >= 0.6 is 0 Å². The maximum atomic E-state index is 8.98. The predicted molar refractivity (Wildman–Crippen MR) is 58.9 cm³/mol. The lowest BCUT2D eigenvalue weighted by Crippen LogP contribution is -2.29. The first-order chi connectivity index (χ1) is 7.70. The molecule has 0 bridgehead atoms. The summed E-state index contributed by atoms with van der Waals surface area (Å²) in [5, 5.41) is 12.9. The predicted octanol–water partition coefficient (Wildman–Crippen LogP) is 1.15. The van der Waals surface area contributed by atoms with Crippen LogP contribution in [0.15, 0.2) is 4.52 Å². The maximum absolute atomic E-state index is 8.98. The Balaban J connectivity index is 1.95. The van der Waals surface area contributed by atoms with E-state index >= 15 is 0 Å². The van der Waals surface area contributed by atoms with Crippen LogP contribution in [0.1, 0.15) is 44.3 Å². The van der Waals surface area contributed by atoms with E-state index in [4.69, 9.17) is 9.63 Å². The number of hydrogen-bond acceptors (Lipinski definition) is 5. The summed E-state index contributed by atoms with van der Waals surface area (Å²) in [4.78, 5) is 6.56. The molecule has 0 amide bonds. The summed E-state index contributed by atoms with van der Waals surface area (Å²) in [6.07, 6.45) is 2.43. The smallest absolute Gasteiger partial charge is 0.229 e. The van der Waals surface area contributed by atoms with Gasteiger partial charge >= 0.3 is 0 Å². The second-order valence-electron chi connectivity index (χ2n) is 4.63. The van der Waals surface area contributed by atoms with Crippen molar-refractivity contribution in [1.82, 2.24) is 15.0 Å². The van der Waals surface area contributed by atoms with Gasteiger partial charge in [0.05, 0.1) is 13.2 Å². The summed E-state index contributed by atoms with van der Waals surface area (Å²) in [6.45, 7) is 5.62. The van der Waals surface area contributed by atoms with Gasteiger partial charge in [0.25, 0.3) is 0 Å². The minimum atomic E-state index is 0.186. The van der Waals surface area contributed by atoms with Gasteiger partial charge in [0, 0.05) is 18.5 Å². The molecule has 1 aromatic rings. The first-order valence-corrected chi connectivity index (χ1v) is 5.88. The van der Waals surface area contributed by atoms with E-state index in [2.05, 4.69) is 15.0 Å². The van der Waals surface area contributed by atoms with Gasteiger partial charge in [-0.1, -0.05) is 19.0 Å². The largest absolute Gasteiger partial charge is 0.395 e. The topological polar surface area (TPSA) is 62.4 Å². The summed E-state index contributed by atoms with van der Waals surface area (Å²) in [7, 11) is 0. The standard InChI is InChI=1S/C11H19N3O2/c1-8(2)11-12-10(13-16-11)7-14(5-6-15)9-3-4-9/h8-9,15H,3-7H2,1-2H3. The highest BCUT2D eigenvalue weighted by atomic mass is 16.5. The van der Waals surface area contributed by atoms with Crippen LogP contribution < -0.4 is 0 Å². The van der Waals surface area contributed by atoms with Crippen LogP contribution in [-0.2, 0) is 6.54 Å². The highest BCUT2D eigenvalue weighted by Crippen LogP contribution is 2.27. The highest BCUT2D eigenvalue weighted by Gasteiger charge is 2.29. The lowest BCUT2D eigenvalue weighted by Gasteiger charge is -2.18. The molecule has 5 nitrogen and oxygen atoms in total. The fourth-order valence-corrected chi connectivity index (χ4v) is 1.71. The fourth-order valence-electron chi connectivity index (χ4n) is 1.71. The van der Waals surface area contributed by atoms with Crippen LogP contribution in [0.3, 0.4) is 0 Å². The van der Waals surface area contributed by atoms with Crippen LogP contribution in [0.25, 0.3) is 0 Å². The molecule has 1 heterocycles. The Hall–Kier alpha value is -0.940. The van der Waals surface area contributed by atoms with Gasteiger partial charge in [-0.25, -0.2) is 0 Å². The van der Waals surface area contributed by atoms with E-state index in [0.717, 1.165) is 5.82 Å². The summed E-state index contributed by atoms with van der Waals surface area (Å²) in [5.41, 5.74) is 0. The Labute approximate surface area is 95.4 Å². The van der Waals surface area contributed by atoms with Gasteiger partial charge in [-0.2, -0.15) is 4.98 Å². The number of aliphatic hydroxyl groups is 1. The molecule has 0 aromatic carbocycles. The van der Waals surface area contributed by atoms with Crippen molar-refractivity contribution >= 4 is 0 Å². The lowest BCUT2D eigenvalue weighted by molar-refractivity contribution is 0.179. The van der Waals surface area contributed by atoms with Crippen molar-refractivity contribution in [3.63, 3.8) is 0 Å². The molecule has 0 unspecified atom stereocenters. The van der Waals surface area contributed by atoms with E-state index in [1.54, 1.807) is 0 Å². The van der Waals surface area contributed by atoms with Crippen molar-refractivity contribution in [2.45, 2.75) is 45.2 Å². The quantitative estimate of drug-likeness (QED) is 0.787. The highest BCUT2D eigenvalue weighted by molar-refractivity contribution is 4.93. The molecule has 90 valence electrons.